The first-order chi connectivity index (χ1) is 18.7. The number of aromatic carboxylic acids is 1. The molecule has 2 amide bonds. The lowest BCUT2D eigenvalue weighted by Gasteiger charge is -2.24. The van der Waals surface area contributed by atoms with Crippen LogP contribution in [0.2, 0.25) is 0 Å². The first-order valence-electron chi connectivity index (χ1n) is 13.2. The molecule has 1 aromatic heterocycles. The fourth-order valence-electron chi connectivity index (χ4n) is 5.43. The second-order valence-corrected chi connectivity index (χ2v) is 10.1. The predicted octanol–water partition coefficient (Wildman–Crippen LogP) is 4.54. The fourth-order valence-corrected chi connectivity index (χ4v) is 5.43. The van der Waals surface area contributed by atoms with E-state index in [-0.39, 0.29) is 23.1 Å². The Labute approximate surface area is 225 Å². The van der Waals surface area contributed by atoms with Gasteiger partial charge in [-0.2, -0.15) is 0 Å². The highest BCUT2D eigenvalue weighted by Gasteiger charge is 2.30. The van der Waals surface area contributed by atoms with Crippen LogP contribution in [0.4, 0.5) is 17.1 Å². The maximum absolute atomic E-state index is 13.1. The molecule has 3 heterocycles. The highest BCUT2D eigenvalue weighted by Crippen LogP contribution is 2.36. The van der Waals surface area contributed by atoms with Crippen molar-refractivity contribution in [3.05, 3.63) is 63.0 Å². The van der Waals surface area contributed by atoms with Crippen molar-refractivity contribution >= 4 is 58.0 Å². The Morgan fingerprint density at radius 3 is 2.21 bits per heavy atom. The molecule has 2 saturated heterocycles. The minimum atomic E-state index is -1.17. The zero-order chi connectivity index (χ0) is 27.8. The predicted molar refractivity (Wildman–Crippen MR) is 152 cm³/mol. The fraction of sp³-hybridized carbons (Fsp3) is 0.333. The van der Waals surface area contributed by atoms with Crippen molar-refractivity contribution in [2.75, 3.05) is 41.9 Å². The van der Waals surface area contributed by atoms with Crippen molar-refractivity contribution in [1.82, 2.24) is 0 Å². The Morgan fingerprint density at radius 2 is 1.64 bits per heavy atom. The number of carboxylic acid groups (broad SMARTS) is 1. The van der Waals surface area contributed by atoms with Crippen LogP contribution in [0.25, 0.3) is 23.1 Å². The van der Waals surface area contributed by atoms with E-state index in [1.165, 1.54) is 11.0 Å². The Morgan fingerprint density at radius 1 is 0.974 bits per heavy atom. The lowest BCUT2D eigenvalue weighted by atomic mass is 9.99. The molecular weight excluding hydrogens is 498 g/mol. The average Bonchev–Trinajstić information content (AvgIpc) is 3.53. The smallest absolute Gasteiger partial charge is 0.343 e. The molecule has 9 heteroatoms. The second kappa shape index (κ2) is 10.4. The number of carbonyl (C=O) groups excluding carboxylic acids is 2. The Kier molecular flexibility index (Phi) is 6.99. The molecule has 3 aromatic rings. The molecule has 0 radical (unpaired) electrons. The number of nitrogens with zero attached hydrogens (tertiary/aromatic N) is 3. The molecule has 5 rings (SSSR count). The van der Waals surface area contributed by atoms with Gasteiger partial charge >= 0.3 is 11.6 Å². The summed E-state index contributed by atoms with van der Waals surface area (Å²) in [5.74, 6) is -1.41. The third kappa shape index (κ3) is 4.80. The van der Waals surface area contributed by atoms with E-state index in [1.807, 2.05) is 44.1 Å². The van der Waals surface area contributed by atoms with Gasteiger partial charge in [0.1, 0.15) is 5.58 Å². The number of fused-ring (bicyclic) bond motifs is 1. The monoisotopic (exact) mass is 529 g/mol. The molecule has 2 aromatic carbocycles. The number of hydrogen-bond donors (Lipinski definition) is 1. The zero-order valence-corrected chi connectivity index (χ0v) is 22.3. The van der Waals surface area contributed by atoms with E-state index < -0.39 is 11.6 Å². The molecule has 9 nitrogen and oxygen atoms in total. The molecule has 1 N–H and O–H groups in total. The van der Waals surface area contributed by atoms with Crippen LogP contribution < -0.4 is 20.3 Å². The number of rotatable bonds is 7. The van der Waals surface area contributed by atoms with Crippen LogP contribution in [0.5, 0.6) is 0 Å². The molecule has 0 aliphatic carbocycles. The summed E-state index contributed by atoms with van der Waals surface area (Å²) in [6.07, 6.45) is 6.00. The molecule has 2 aliphatic heterocycles. The molecule has 2 aliphatic rings. The van der Waals surface area contributed by atoms with Crippen LogP contribution in [-0.2, 0) is 16.0 Å². The van der Waals surface area contributed by atoms with E-state index in [0.29, 0.717) is 67.6 Å². The van der Waals surface area contributed by atoms with Gasteiger partial charge in [0.15, 0.2) is 0 Å². The van der Waals surface area contributed by atoms with Crippen LogP contribution in [0.1, 0.15) is 59.7 Å². The quantitative estimate of drug-likeness (QED) is 0.447. The number of hydrogen-bond acceptors (Lipinski definition) is 6. The summed E-state index contributed by atoms with van der Waals surface area (Å²) in [6.45, 7) is 2.86. The number of anilines is 3. The Hall–Kier alpha value is -4.40. The summed E-state index contributed by atoms with van der Waals surface area (Å²) < 4.78 is 5.70. The summed E-state index contributed by atoms with van der Waals surface area (Å²) in [5, 5.41) is 10.8. The maximum Gasteiger partial charge on any atom is 0.343 e. The van der Waals surface area contributed by atoms with Crippen LogP contribution in [0.15, 0.2) is 39.5 Å². The molecule has 0 spiro atoms. The standard InChI is InChI=1S/C30H31N3O6/c1-4-20-21-12-10-19(31(2)3)16-26(21)39-30(38)22(20)11-9-18-15-25(33-14-6-8-28(33)35)23(29(36)37)17-24(18)32-13-5-7-27(32)34/h9-12,15-17H,4-8,13-14H2,1-3H3,(H,36,37)/b11-9+. The summed E-state index contributed by atoms with van der Waals surface area (Å²) in [4.78, 5) is 55.6. The van der Waals surface area contributed by atoms with Gasteiger partial charge < -0.3 is 24.2 Å². The minimum absolute atomic E-state index is 0.0340. The molecule has 0 saturated carbocycles. The molecule has 202 valence electrons. The molecular formula is C30H31N3O6. The zero-order valence-electron chi connectivity index (χ0n) is 22.3. The molecule has 2 fully saturated rings. The summed E-state index contributed by atoms with van der Waals surface area (Å²) >= 11 is 0. The van der Waals surface area contributed by atoms with E-state index in [9.17, 15) is 24.3 Å². The number of amides is 2. The number of carbonyl (C=O) groups is 3. The van der Waals surface area contributed by atoms with Crippen LogP contribution in [0, 0.1) is 0 Å². The van der Waals surface area contributed by atoms with Gasteiger partial charge in [0.2, 0.25) is 11.8 Å². The van der Waals surface area contributed by atoms with Gasteiger partial charge in [0.05, 0.1) is 22.5 Å². The third-order valence-electron chi connectivity index (χ3n) is 7.44. The lowest BCUT2D eigenvalue weighted by molar-refractivity contribution is -0.117. The van der Waals surface area contributed by atoms with Crippen molar-refractivity contribution in [3.63, 3.8) is 0 Å². The van der Waals surface area contributed by atoms with Crippen LogP contribution >= 0.6 is 0 Å². The van der Waals surface area contributed by atoms with E-state index in [0.717, 1.165) is 16.6 Å². The maximum atomic E-state index is 13.1. The summed E-state index contributed by atoms with van der Waals surface area (Å²) in [7, 11) is 3.83. The first-order valence-corrected chi connectivity index (χ1v) is 13.2. The van der Waals surface area contributed by atoms with Gasteiger partial charge in [-0.15, -0.1) is 0 Å². The number of aryl methyl sites for hydroxylation is 1. The SMILES string of the molecule is CCc1c(/C=C/c2cc(N3CCCC3=O)c(C(=O)O)cc2N2CCCC2=O)c(=O)oc2cc(N(C)C)ccc12. The average molecular weight is 530 g/mol. The van der Waals surface area contributed by atoms with Gasteiger partial charge in [0, 0.05) is 62.7 Å². The Bertz CT molecular complexity index is 1590. The van der Waals surface area contributed by atoms with Gasteiger partial charge in [0.25, 0.3) is 0 Å². The molecule has 39 heavy (non-hydrogen) atoms. The van der Waals surface area contributed by atoms with Crippen molar-refractivity contribution in [2.24, 2.45) is 0 Å². The van der Waals surface area contributed by atoms with Crippen LogP contribution in [-0.4, -0.2) is 50.1 Å². The second-order valence-electron chi connectivity index (χ2n) is 10.1. The van der Waals surface area contributed by atoms with Crippen molar-refractivity contribution in [1.29, 1.82) is 0 Å². The van der Waals surface area contributed by atoms with Crippen molar-refractivity contribution in [3.8, 4) is 0 Å². The van der Waals surface area contributed by atoms with Gasteiger partial charge in [-0.3, -0.25) is 9.59 Å². The summed E-state index contributed by atoms with van der Waals surface area (Å²) in [6, 6.07) is 8.86. The first kappa shape index (κ1) is 26.2. The number of benzene rings is 2. The minimum Gasteiger partial charge on any atom is -0.478 e. The largest absolute Gasteiger partial charge is 0.478 e. The van der Waals surface area contributed by atoms with Gasteiger partial charge in [-0.1, -0.05) is 13.0 Å². The molecule has 0 bridgehead atoms. The molecule has 0 unspecified atom stereocenters. The van der Waals surface area contributed by atoms with E-state index in [2.05, 4.69) is 0 Å². The highest BCUT2D eigenvalue weighted by atomic mass is 16.4. The topological polar surface area (TPSA) is 111 Å². The third-order valence-corrected chi connectivity index (χ3v) is 7.44. The highest BCUT2D eigenvalue weighted by molar-refractivity contribution is 6.07. The van der Waals surface area contributed by atoms with Crippen molar-refractivity contribution < 1.29 is 23.9 Å². The number of carboxylic acids is 1. The van der Waals surface area contributed by atoms with Crippen LogP contribution in [0.3, 0.4) is 0 Å². The Balaban J connectivity index is 1.68. The van der Waals surface area contributed by atoms with Gasteiger partial charge in [-0.25, -0.2) is 9.59 Å². The lowest BCUT2D eigenvalue weighted by Crippen LogP contribution is -2.28. The molecule has 0 atom stereocenters. The van der Waals surface area contributed by atoms with Gasteiger partial charge in [-0.05, 0) is 55.2 Å². The normalized spacial score (nSPS) is 15.8. The van der Waals surface area contributed by atoms with E-state index in [4.69, 9.17) is 4.42 Å². The van der Waals surface area contributed by atoms with Crippen molar-refractivity contribution in [2.45, 2.75) is 39.0 Å². The van der Waals surface area contributed by atoms with E-state index in [1.54, 1.807) is 23.1 Å². The summed E-state index contributed by atoms with van der Waals surface area (Å²) in [5.41, 5.74) is 3.41. The van der Waals surface area contributed by atoms with E-state index >= 15 is 0 Å².